The minimum absolute atomic E-state index is 0.000610. The van der Waals surface area contributed by atoms with Crippen LogP contribution in [-0.2, 0) is 9.59 Å². The fourth-order valence-corrected chi connectivity index (χ4v) is 3.12. The number of likely N-dealkylation sites (tertiary alicyclic amines) is 1. The number of benzene rings is 1. The third-order valence-electron chi connectivity index (χ3n) is 4.45. The summed E-state index contributed by atoms with van der Waals surface area (Å²) in [4.78, 5) is 40.0. The Morgan fingerprint density at radius 3 is 2.67 bits per heavy atom. The van der Waals surface area contributed by atoms with Gasteiger partial charge in [-0.2, -0.15) is 0 Å². The van der Waals surface area contributed by atoms with E-state index in [1.807, 2.05) is 6.92 Å². The van der Waals surface area contributed by atoms with Crippen molar-refractivity contribution in [2.75, 3.05) is 31.1 Å². The molecule has 0 spiro atoms. The molecule has 2 aliphatic rings. The van der Waals surface area contributed by atoms with Gasteiger partial charge in [-0.15, -0.1) is 0 Å². The Balaban J connectivity index is 1.85. The maximum atomic E-state index is 12.4. The molecular weight excluding hydrogens is 308 g/mol. The van der Waals surface area contributed by atoms with E-state index in [0.717, 1.165) is 32.4 Å². The number of carbonyl (C=O) groups is 3. The SMILES string of the molecule is CCCC(=O)c1ccc2c(c1)N(CC(=O)N1CCCC1)C(=O)CO2. The number of hydrogen-bond donors (Lipinski definition) is 0. The molecule has 2 heterocycles. The molecular formula is C18H22N2O4. The van der Waals surface area contributed by atoms with E-state index in [-0.39, 0.29) is 30.7 Å². The zero-order valence-electron chi connectivity index (χ0n) is 13.9. The molecule has 0 atom stereocenters. The van der Waals surface area contributed by atoms with Crippen LogP contribution in [0.5, 0.6) is 5.75 Å². The van der Waals surface area contributed by atoms with E-state index in [4.69, 9.17) is 4.74 Å². The zero-order chi connectivity index (χ0) is 17.1. The van der Waals surface area contributed by atoms with Crippen molar-refractivity contribution < 1.29 is 19.1 Å². The van der Waals surface area contributed by atoms with Crippen LogP contribution in [0.1, 0.15) is 43.0 Å². The highest BCUT2D eigenvalue weighted by Gasteiger charge is 2.30. The lowest BCUT2D eigenvalue weighted by atomic mass is 10.0. The molecule has 1 aromatic carbocycles. The first kappa shape index (κ1) is 16.5. The lowest BCUT2D eigenvalue weighted by molar-refractivity contribution is -0.131. The molecule has 0 bridgehead atoms. The monoisotopic (exact) mass is 330 g/mol. The number of ether oxygens (including phenoxy) is 1. The first-order valence-corrected chi connectivity index (χ1v) is 8.48. The molecule has 1 fully saturated rings. The predicted molar refractivity (Wildman–Crippen MR) is 89.3 cm³/mol. The van der Waals surface area contributed by atoms with Gasteiger partial charge >= 0.3 is 0 Å². The highest BCUT2D eigenvalue weighted by molar-refractivity contribution is 6.04. The van der Waals surface area contributed by atoms with Crippen LogP contribution < -0.4 is 9.64 Å². The van der Waals surface area contributed by atoms with E-state index in [2.05, 4.69) is 0 Å². The van der Waals surface area contributed by atoms with E-state index >= 15 is 0 Å². The van der Waals surface area contributed by atoms with Crippen LogP contribution in [0.2, 0.25) is 0 Å². The Hall–Kier alpha value is -2.37. The van der Waals surface area contributed by atoms with Gasteiger partial charge in [-0.3, -0.25) is 19.3 Å². The molecule has 2 aliphatic heterocycles. The van der Waals surface area contributed by atoms with Crippen LogP contribution >= 0.6 is 0 Å². The van der Waals surface area contributed by atoms with Gasteiger partial charge < -0.3 is 9.64 Å². The Morgan fingerprint density at radius 2 is 1.96 bits per heavy atom. The first-order valence-electron chi connectivity index (χ1n) is 8.48. The Kier molecular flexibility index (Phi) is 4.83. The Morgan fingerprint density at radius 1 is 1.21 bits per heavy atom. The molecule has 1 aromatic rings. The third-order valence-corrected chi connectivity index (χ3v) is 4.45. The average Bonchev–Trinajstić information content (AvgIpc) is 3.12. The molecule has 24 heavy (non-hydrogen) atoms. The summed E-state index contributed by atoms with van der Waals surface area (Å²) >= 11 is 0. The minimum Gasteiger partial charge on any atom is -0.482 e. The van der Waals surface area contributed by atoms with Crippen LogP contribution in [0.4, 0.5) is 5.69 Å². The molecule has 0 N–H and O–H groups in total. The molecule has 6 nitrogen and oxygen atoms in total. The molecule has 2 amide bonds. The Labute approximate surface area is 141 Å². The smallest absolute Gasteiger partial charge is 0.265 e. The van der Waals surface area contributed by atoms with Crippen molar-refractivity contribution in [2.24, 2.45) is 0 Å². The summed E-state index contributed by atoms with van der Waals surface area (Å²) < 4.78 is 5.44. The van der Waals surface area contributed by atoms with Gasteiger partial charge in [0.25, 0.3) is 5.91 Å². The van der Waals surface area contributed by atoms with Crippen LogP contribution in [0.3, 0.4) is 0 Å². The summed E-state index contributed by atoms with van der Waals surface area (Å²) in [6.07, 6.45) is 3.24. The highest BCUT2D eigenvalue weighted by Crippen LogP contribution is 2.33. The number of hydrogen-bond acceptors (Lipinski definition) is 4. The van der Waals surface area contributed by atoms with Crippen molar-refractivity contribution in [3.63, 3.8) is 0 Å². The second-order valence-electron chi connectivity index (χ2n) is 6.21. The third kappa shape index (κ3) is 3.27. The molecule has 0 unspecified atom stereocenters. The summed E-state index contributed by atoms with van der Waals surface area (Å²) in [6.45, 7) is 3.37. The fraction of sp³-hybridized carbons (Fsp3) is 0.500. The summed E-state index contributed by atoms with van der Waals surface area (Å²) in [5.74, 6) is 0.259. The lowest BCUT2D eigenvalue weighted by Gasteiger charge is -2.30. The van der Waals surface area contributed by atoms with Gasteiger partial charge in [0.1, 0.15) is 12.3 Å². The van der Waals surface area contributed by atoms with Crippen LogP contribution in [0.25, 0.3) is 0 Å². The van der Waals surface area contributed by atoms with Crippen molar-refractivity contribution in [3.8, 4) is 5.75 Å². The van der Waals surface area contributed by atoms with Crippen molar-refractivity contribution in [1.29, 1.82) is 0 Å². The number of Topliss-reactive ketones (excluding diaryl/α,β-unsaturated/α-hetero) is 1. The maximum absolute atomic E-state index is 12.4. The van der Waals surface area contributed by atoms with Gasteiger partial charge in [0.15, 0.2) is 12.4 Å². The molecule has 1 saturated heterocycles. The summed E-state index contributed by atoms with van der Waals surface area (Å²) in [5.41, 5.74) is 1.06. The van der Waals surface area contributed by atoms with E-state index in [1.165, 1.54) is 4.90 Å². The summed E-state index contributed by atoms with van der Waals surface area (Å²) in [7, 11) is 0. The molecule has 6 heteroatoms. The largest absolute Gasteiger partial charge is 0.482 e. The number of fused-ring (bicyclic) bond motifs is 1. The summed E-state index contributed by atoms with van der Waals surface area (Å²) in [5, 5.41) is 0. The van der Waals surface area contributed by atoms with Crippen molar-refractivity contribution >= 4 is 23.3 Å². The molecule has 0 saturated carbocycles. The first-order chi connectivity index (χ1) is 11.6. The van der Waals surface area contributed by atoms with Crippen LogP contribution in [-0.4, -0.2) is 48.7 Å². The van der Waals surface area contributed by atoms with Gasteiger partial charge in [0.2, 0.25) is 5.91 Å². The highest BCUT2D eigenvalue weighted by atomic mass is 16.5. The minimum atomic E-state index is -0.255. The number of rotatable bonds is 5. The van der Waals surface area contributed by atoms with Gasteiger partial charge in [-0.1, -0.05) is 6.92 Å². The molecule has 128 valence electrons. The van der Waals surface area contributed by atoms with E-state index in [1.54, 1.807) is 23.1 Å². The molecule has 0 aromatic heterocycles. The Bertz CT molecular complexity index is 665. The zero-order valence-corrected chi connectivity index (χ0v) is 13.9. The lowest BCUT2D eigenvalue weighted by Crippen LogP contribution is -2.45. The normalized spacial score (nSPS) is 16.8. The van der Waals surface area contributed by atoms with Crippen molar-refractivity contribution in [2.45, 2.75) is 32.6 Å². The quantitative estimate of drug-likeness (QED) is 0.775. The number of ketones is 1. The van der Waals surface area contributed by atoms with Gasteiger partial charge in [0.05, 0.1) is 5.69 Å². The van der Waals surface area contributed by atoms with E-state index in [9.17, 15) is 14.4 Å². The molecule has 0 radical (unpaired) electrons. The van der Waals surface area contributed by atoms with Gasteiger partial charge in [-0.05, 0) is 37.5 Å². The molecule has 3 rings (SSSR count). The average molecular weight is 330 g/mol. The van der Waals surface area contributed by atoms with E-state index in [0.29, 0.717) is 23.4 Å². The topological polar surface area (TPSA) is 66.9 Å². The number of amides is 2. The second kappa shape index (κ2) is 7.03. The number of nitrogens with zero attached hydrogens (tertiary/aromatic N) is 2. The standard InChI is InChI=1S/C18H22N2O4/c1-2-5-15(21)13-6-7-16-14(10-13)20(18(23)12-24-16)11-17(22)19-8-3-4-9-19/h6-7,10H,2-5,8-9,11-12H2,1H3. The van der Waals surface area contributed by atoms with E-state index < -0.39 is 0 Å². The molecule has 0 aliphatic carbocycles. The van der Waals surface area contributed by atoms with Crippen LogP contribution in [0.15, 0.2) is 18.2 Å². The van der Waals surface area contributed by atoms with Crippen molar-refractivity contribution in [1.82, 2.24) is 4.90 Å². The van der Waals surface area contributed by atoms with Gasteiger partial charge in [0, 0.05) is 25.1 Å². The fourth-order valence-electron chi connectivity index (χ4n) is 3.12. The number of carbonyl (C=O) groups excluding carboxylic acids is 3. The van der Waals surface area contributed by atoms with Gasteiger partial charge in [-0.25, -0.2) is 0 Å². The number of anilines is 1. The van der Waals surface area contributed by atoms with Crippen molar-refractivity contribution in [3.05, 3.63) is 23.8 Å². The second-order valence-corrected chi connectivity index (χ2v) is 6.21. The van der Waals surface area contributed by atoms with Crippen LogP contribution in [0, 0.1) is 0 Å². The maximum Gasteiger partial charge on any atom is 0.265 e. The predicted octanol–water partition coefficient (Wildman–Crippen LogP) is 2.02. The summed E-state index contributed by atoms with van der Waals surface area (Å²) in [6, 6.07) is 5.09.